The number of hydrogen-bond donors (Lipinski definition) is 0. The van der Waals surface area contributed by atoms with Crippen LogP contribution in [0.1, 0.15) is 127 Å². The number of rotatable bonds is 10. The highest BCUT2D eigenvalue weighted by molar-refractivity contribution is 5.94. The maximum atomic E-state index is 2.50. The van der Waals surface area contributed by atoms with Gasteiger partial charge in [-0.15, -0.1) is 0 Å². The molecule has 0 heterocycles. The summed E-state index contributed by atoms with van der Waals surface area (Å²) in [6.07, 6.45) is 13.3. The molecule has 0 N–H and O–H groups in total. The van der Waals surface area contributed by atoms with Crippen LogP contribution in [0.25, 0.3) is 22.3 Å². The second-order valence-corrected chi connectivity index (χ2v) is 24.9. The molecule has 8 aromatic rings. The minimum Gasteiger partial charge on any atom is -0.311 e. The molecule has 2 nitrogen and oxygen atoms in total. The summed E-state index contributed by atoms with van der Waals surface area (Å²) in [5.41, 5.74) is 20.1. The Bertz CT molecular complexity index is 3210. The summed E-state index contributed by atoms with van der Waals surface area (Å²) < 4.78 is 0. The fourth-order valence-corrected chi connectivity index (χ4v) is 15.8. The number of para-hydroxylation sites is 2. The van der Waals surface area contributed by atoms with Gasteiger partial charge >= 0.3 is 0 Å². The molecule has 73 heavy (non-hydrogen) atoms. The van der Waals surface area contributed by atoms with Crippen molar-refractivity contribution >= 4 is 34.1 Å². The monoisotopic (exact) mass is 953 g/mol. The average molecular weight is 953 g/mol. The van der Waals surface area contributed by atoms with E-state index >= 15 is 0 Å². The van der Waals surface area contributed by atoms with Gasteiger partial charge < -0.3 is 9.80 Å². The summed E-state index contributed by atoms with van der Waals surface area (Å²) in [4.78, 5) is 4.94. The Morgan fingerprint density at radius 3 is 1.34 bits per heavy atom. The van der Waals surface area contributed by atoms with Gasteiger partial charge in [0.15, 0.2) is 0 Å². The molecule has 0 radical (unpaired) electrons. The molecule has 4 bridgehead atoms. The van der Waals surface area contributed by atoms with Gasteiger partial charge in [0.05, 0.1) is 0 Å². The highest BCUT2D eigenvalue weighted by atomic mass is 15.1. The molecule has 14 rings (SSSR count). The SMILES string of the molecule is CC1(C)c2cc(N(c3ccccc3)c3ccc(C4(c5ccc(N(c6ccccc6)c6ccc(C78CC9CC(CC(C9)C7)C8)cc6)cc5)CCC(C(C)(C)C)CC4)cc3)ccc2-c2c(-c3ccccc3)cccc21. The van der Waals surface area contributed by atoms with Crippen molar-refractivity contribution in [3.8, 4) is 22.3 Å². The van der Waals surface area contributed by atoms with Gasteiger partial charge in [0, 0.05) is 45.0 Å². The summed E-state index contributed by atoms with van der Waals surface area (Å²) in [5, 5.41) is 0. The molecular weight excluding hydrogens is 881 g/mol. The van der Waals surface area contributed by atoms with Crippen LogP contribution in [0.4, 0.5) is 34.1 Å². The number of hydrogen-bond acceptors (Lipinski definition) is 2. The van der Waals surface area contributed by atoms with Gasteiger partial charge in [-0.3, -0.25) is 0 Å². The van der Waals surface area contributed by atoms with E-state index in [-0.39, 0.29) is 16.2 Å². The molecular formula is C71H72N2. The van der Waals surface area contributed by atoms with Crippen LogP contribution in [0, 0.1) is 29.1 Å². The Kier molecular flexibility index (Phi) is 11.3. The molecule has 0 aliphatic heterocycles. The molecule has 2 heteroatoms. The fourth-order valence-electron chi connectivity index (χ4n) is 15.8. The summed E-state index contributed by atoms with van der Waals surface area (Å²) in [7, 11) is 0. The third-order valence-electron chi connectivity index (χ3n) is 19.3. The van der Waals surface area contributed by atoms with Gasteiger partial charge in [-0.05, 0) is 222 Å². The summed E-state index contributed by atoms with van der Waals surface area (Å²) in [5.74, 6) is 3.52. The molecule has 5 saturated carbocycles. The highest BCUT2D eigenvalue weighted by Crippen LogP contribution is 2.61. The van der Waals surface area contributed by atoms with E-state index in [2.05, 4.69) is 245 Å². The third-order valence-corrected chi connectivity index (χ3v) is 19.3. The first-order valence-electron chi connectivity index (χ1n) is 27.8. The van der Waals surface area contributed by atoms with E-state index in [0.717, 1.165) is 36.3 Å². The molecule has 8 aromatic carbocycles. The van der Waals surface area contributed by atoms with Gasteiger partial charge in [-0.2, -0.15) is 0 Å². The third kappa shape index (κ3) is 7.98. The van der Waals surface area contributed by atoms with Crippen molar-refractivity contribution in [3.63, 3.8) is 0 Å². The van der Waals surface area contributed by atoms with E-state index in [0.29, 0.717) is 11.3 Å². The zero-order valence-corrected chi connectivity index (χ0v) is 43.8. The van der Waals surface area contributed by atoms with E-state index in [1.54, 1.807) is 5.56 Å². The molecule has 366 valence electrons. The first-order valence-corrected chi connectivity index (χ1v) is 27.8. The maximum Gasteiger partial charge on any atom is 0.0465 e. The van der Waals surface area contributed by atoms with Crippen LogP contribution in [0.15, 0.2) is 200 Å². The molecule has 0 aromatic heterocycles. The van der Waals surface area contributed by atoms with Crippen molar-refractivity contribution in [2.24, 2.45) is 29.1 Å². The minimum atomic E-state index is -0.151. The van der Waals surface area contributed by atoms with Crippen LogP contribution in [-0.4, -0.2) is 0 Å². The van der Waals surface area contributed by atoms with Crippen molar-refractivity contribution in [2.45, 2.75) is 115 Å². The average Bonchev–Trinajstić information content (AvgIpc) is 3.65. The maximum absolute atomic E-state index is 2.50. The van der Waals surface area contributed by atoms with Crippen molar-refractivity contribution in [1.29, 1.82) is 0 Å². The van der Waals surface area contributed by atoms with Gasteiger partial charge in [-0.1, -0.05) is 162 Å². The van der Waals surface area contributed by atoms with Crippen LogP contribution in [0.5, 0.6) is 0 Å². The Labute approximate surface area is 436 Å². The largest absolute Gasteiger partial charge is 0.311 e. The zero-order valence-electron chi connectivity index (χ0n) is 43.8. The minimum absolute atomic E-state index is 0.0900. The standard InChI is InChI=1S/C71H72N2/c1-68(2,3)53-38-40-71(41-39-53,55-26-32-60(33-27-55)72(57-18-11-7-12-19-57)59-30-24-54(25-31-59)70-46-49-42-50(47-70)44-51(43-49)48-70)56-28-34-61(35-29-56)73(58-20-13-8-14-21-58)62-36-37-64-66(45-62)69(4,5)65-23-15-22-63(67(64)65)52-16-9-6-10-17-52/h6-37,45,49-51,53H,38-44,46-48H2,1-5H3. The first kappa shape index (κ1) is 46.2. The van der Waals surface area contributed by atoms with Crippen molar-refractivity contribution in [3.05, 3.63) is 228 Å². The lowest BCUT2D eigenvalue weighted by molar-refractivity contribution is -0.00518. The van der Waals surface area contributed by atoms with Crippen LogP contribution in [0.3, 0.4) is 0 Å². The normalized spacial score (nSPS) is 24.5. The van der Waals surface area contributed by atoms with Gasteiger partial charge in [0.25, 0.3) is 0 Å². The molecule has 0 atom stereocenters. The van der Waals surface area contributed by atoms with E-state index in [1.807, 2.05) is 0 Å². The van der Waals surface area contributed by atoms with Crippen LogP contribution in [-0.2, 0) is 16.2 Å². The van der Waals surface area contributed by atoms with Crippen LogP contribution >= 0.6 is 0 Å². The Balaban J connectivity index is 0.849. The summed E-state index contributed by atoms with van der Waals surface area (Å²) in [6, 6.07) is 76.3. The van der Waals surface area contributed by atoms with Gasteiger partial charge in [-0.25, -0.2) is 0 Å². The number of anilines is 6. The molecule has 5 fully saturated rings. The lowest BCUT2D eigenvalue weighted by Gasteiger charge is -2.57. The molecule has 0 amide bonds. The molecule has 0 spiro atoms. The molecule has 6 aliphatic rings. The number of fused-ring (bicyclic) bond motifs is 3. The Morgan fingerprint density at radius 2 is 0.849 bits per heavy atom. The van der Waals surface area contributed by atoms with E-state index in [1.165, 1.54) is 124 Å². The van der Waals surface area contributed by atoms with E-state index in [4.69, 9.17) is 0 Å². The molecule has 6 aliphatic carbocycles. The van der Waals surface area contributed by atoms with E-state index in [9.17, 15) is 0 Å². The lowest BCUT2D eigenvalue weighted by Crippen LogP contribution is -2.48. The smallest absolute Gasteiger partial charge is 0.0465 e. The van der Waals surface area contributed by atoms with Gasteiger partial charge in [0.1, 0.15) is 0 Å². The highest BCUT2D eigenvalue weighted by Gasteiger charge is 2.51. The quantitative estimate of drug-likeness (QED) is 0.135. The second kappa shape index (κ2) is 17.8. The second-order valence-electron chi connectivity index (χ2n) is 24.9. The topological polar surface area (TPSA) is 6.48 Å². The van der Waals surface area contributed by atoms with Crippen molar-refractivity contribution < 1.29 is 0 Å². The zero-order chi connectivity index (χ0) is 49.5. The predicted octanol–water partition coefficient (Wildman–Crippen LogP) is 19.6. The lowest BCUT2D eigenvalue weighted by atomic mass is 9.48. The molecule has 0 saturated heterocycles. The summed E-state index contributed by atoms with van der Waals surface area (Å²) >= 11 is 0. The van der Waals surface area contributed by atoms with Crippen LogP contribution in [0.2, 0.25) is 0 Å². The summed E-state index contributed by atoms with van der Waals surface area (Å²) in [6.45, 7) is 12.1. The number of nitrogens with zero attached hydrogens (tertiary/aromatic N) is 2. The van der Waals surface area contributed by atoms with Gasteiger partial charge in [0.2, 0.25) is 0 Å². The van der Waals surface area contributed by atoms with Crippen molar-refractivity contribution in [1.82, 2.24) is 0 Å². The predicted molar refractivity (Wildman–Crippen MR) is 307 cm³/mol. The number of benzene rings is 8. The van der Waals surface area contributed by atoms with E-state index < -0.39 is 0 Å². The fraction of sp³-hybridized carbons (Fsp3) is 0.324. The molecule has 0 unspecified atom stereocenters. The Morgan fingerprint density at radius 1 is 0.411 bits per heavy atom. The Hall–Kier alpha value is -6.64. The van der Waals surface area contributed by atoms with Crippen LogP contribution < -0.4 is 9.80 Å². The first-order chi connectivity index (χ1) is 35.5. The van der Waals surface area contributed by atoms with Crippen molar-refractivity contribution in [2.75, 3.05) is 9.80 Å².